The van der Waals surface area contributed by atoms with Crippen LogP contribution < -0.4 is 0 Å². The fraction of sp³-hybridized carbons (Fsp3) is 0.440. The van der Waals surface area contributed by atoms with E-state index in [2.05, 4.69) is 10.1 Å². The van der Waals surface area contributed by atoms with Gasteiger partial charge in [0, 0.05) is 31.1 Å². The number of aryl methyl sites for hydroxylation is 3. The molecule has 3 aromatic rings. The molecule has 0 bridgehead atoms. The number of carbonyl (C=O) groups is 2. The van der Waals surface area contributed by atoms with Crippen molar-refractivity contribution in [3.8, 4) is 5.69 Å². The highest BCUT2D eigenvalue weighted by Crippen LogP contribution is 2.51. The first-order chi connectivity index (χ1) is 15.9. The Kier molecular flexibility index (Phi) is 4.47. The van der Waals surface area contributed by atoms with E-state index < -0.39 is 0 Å². The third-order valence-corrected chi connectivity index (χ3v) is 7.22. The molecule has 1 atom stereocenters. The fourth-order valence-electron chi connectivity index (χ4n) is 5.45. The summed E-state index contributed by atoms with van der Waals surface area (Å²) >= 11 is 0. The largest absolute Gasteiger partial charge is 0.361 e. The van der Waals surface area contributed by atoms with Gasteiger partial charge in [0.1, 0.15) is 17.0 Å². The normalized spacial score (nSPS) is 20.3. The average Bonchev–Trinajstić information content (AvgIpc) is 3.40. The van der Waals surface area contributed by atoms with Crippen LogP contribution in [-0.4, -0.2) is 56.2 Å². The summed E-state index contributed by atoms with van der Waals surface area (Å²) in [6.07, 6.45) is 2.29. The van der Waals surface area contributed by atoms with Crippen molar-refractivity contribution < 1.29 is 14.1 Å². The number of rotatable bonds is 5. The molecule has 2 amide bonds. The Hall–Kier alpha value is -3.42. The van der Waals surface area contributed by atoms with Crippen LogP contribution in [0.5, 0.6) is 0 Å². The van der Waals surface area contributed by atoms with Gasteiger partial charge in [-0.2, -0.15) is 5.10 Å². The topological polar surface area (TPSA) is 84.5 Å². The molecule has 3 aliphatic rings. The second-order valence-corrected chi connectivity index (χ2v) is 9.61. The SMILES string of the molecule is Cc1noc(C)c1C(=O)N1CC(CN2C(=O)c3c(c(C)nn3-c3ccccc3)C2C2CC2)C1. The van der Waals surface area contributed by atoms with Gasteiger partial charge >= 0.3 is 0 Å². The summed E-state index contributed by atoms with van der Waals surface area (Å²) in [5.74, 6) is 1.35. The molecule has 1 saturated heterocycles. The van der Waals surface area contributed by atoms with Crippen LogP contribution in [0.3, 0.4) is 0 Å². The predicted octanol–water partition coefficient (Wildman–Crippen LogP) is 3.46. The quantitative estimate of drug-likeness (QED) is 0.600. The van der Waals surface area contributed by atoms with Crippen LogP contribution in [0.2, 0.25) is 0 Å². The predicted molar refractivity (Wildman–Crippen MR) is 120 cm³/mol. The van der Waals surface area contributed by atoms with E-state index in [-0.39, 0.29) is 23.8 Å². The Bertz CT molecular complexity index is 1230. The number of para-hydroxylation sites is 1. The Morgan fingerprint density at radius 2 is 1.82 bits per heavy atom. The van der Waals surface area contributed by atoms with Gasteiger partial charge < -0.3 is 14.3 Å². The highest BCUT2D eigenvalue weighted by molar-refractivity contribution is 5.99. The van der Waals surface area contributed by atoms with Gasteiger partial charge in [0.05, 0.1) is 23.1 Å². The zero-order valence-electron chi connectivity index (χ0n) is 19.1. The van der Waals surface area contributed by atoms with Gasteiger partial charge in [-0.15, -0.1) is 0 Å². The molecular weight excluding hydrogens is 418 g/mol. The lowest BCUT2D eigenvalue weighted by molar-refractivity contribution is 0.0336. The van der Waals surface area contributed by atoms with Crippen LogP contribution in [0, 0.1) is 32.6 Å². The fourth-order valence-corrected chi connectivity index (χ4v) is 5.45. The maximum Gasteiger partial charge on any atom is 0.273 e. The van der Waals surface area contributed by atoms with Crippen molar-refractivity contribution >= 4 is 11.8 Å². The number of benzene rings is 1. The van der Waals surface area contributed by atoms with E-state index in [0.717, 1.165) is 29.8 Å². The van der Waals surface area contributed by atoms with Crippen LogP contribution >= 0.6 is 0 Å². The molecule has 1 unspecified atom stereocenters. The zero-order chi connectivity index (χ0) is 22.9. The molecule has 0 spiro atoms. The number of carbonyl (C=O) groups excluding carboxylic acids is 2. The third kappa shape index (κ3) is 3.11. The number of nitrogens with zero attached hydrogens (tertiary/aromatic N) is 5. The highest BCUT2D eigenvalue weighted by atomic mass is 16.5. The second-order valence-electron chi connectivity index (χ2n) is 9.61. The van der Waals surface area contributed by atoms with Crippen LogP contribution in [0.1, 0.15) is 62.4 Å². The van der Waals surface area contributed by atoms with Crippen LogP contribution in [0.25, 0.3) is 5.69 Å². The van der Waals surface area contributed by atoms with Gasteiger partial charge in [-0.25, -0.2) is 4.68 Å². The molecule has 2 aromatic heterocycles. The summed E-state index contributed by atoms with van der Waals surface area (Å²) in [6, 6.07) is 9.96. The Labute approximate surface area is 192 Å². The third-order valence-electron chi connectivity index (χ3n) is 7.22. The van der Waals surface area contributed by atoms with Crippen molar-refractivity contribution in [1.29, 1.82) is 0 Å². The zero-order valence-corrected chi connectivity index (χ0v) is 19.1. The summed E-state index contributed by atoms with van der Waals surface area (Å²) in [7, 11) is 0. The molecule has 33 heavy (non-hydrogen) atoms. The lowest BCUT2D eigenvalue weighted by atomic mass is 9.96. The maximum absolute atomic E-state index is 13.7. The van der Waals surface area contributed by atoms with Gasteiger partial charge in [0.25, 0.3) is 11.8 Å². The molecule has 1 aromatic carbocycles. The first-order valence-electron chi connectivity index (χ1n) is 11.6. The minimum absolute atomic E-state index is 0.0344. The minimum atomic E-state index is -0.0344. The number of hydrogen-bond acceptors (Lipinski definition) is 5. The number of hydrogen-bond donors (Lipinski definition) is 0. The highest BCUT2D eigenvalue weighted by Gasteiger charge is 2.50. The summed E-state index contributed by atoms with van der Waals surface area (Å²) in [6.45, 7) is 7.52. The lowest BCUT2D eigenvalue weighted by Gasteiger charge is -2.42. The summed E-state index contributed by atoms with van der Waals surface area (Å²) in [5.41, 5.74) is 4.83. The average molecular weight is 446 g/mol. The van der Waals surface area contributed by atoms with Crippen molar-refractivity contribution in [2.24, 2.45) is 11.8 Å². The van der Waals surface area contributed by atoms with Crippen LogP contribution in [-0.2, 0) is 0 Å². The maximum atomic E-state index is 13.7. The van der Waals surface area contributed by atoms with Crippen LogP contribution in [0.4, 0.5) is 0 Å². The Morgan fingerprint density at radius 1 is 1.09 bits per heavy atom. The second kappa shape index (κ2) is 7.30. The lowest BCUT2D eigenvalue weighted by Crippen LogP contribution is -2.54. The molecule has 1 aliphatic carbocycles. The van der Waals surface area contributed by atoms with E-state index in [1.54, 1.807) is 13.8 Å². The van der Waals surface area contributed by atoms with Crippen molar-refractivity contribution in [3.63, 3.8) is 0 Å². The van der Waals surface area contributed by atoms with Crippen molar-refractivity contribution in [3.05, 3.63) is 64.3 Å². The van der Waals surface area contributed by atoms with E-state index in [4.69, 9.17) is 9.62 Å². The van der Waals surface area contributed by atoms with E-state index >= 15 is 0 Å². The summed E-state index contributed by atoms with van der Waals surface area (Å²) in [5, 5.41) is 8.64. The van der Waals surface area contributed by atoms with E-state index in [9.17, 15) is 9.59 Å². The molecule has 170 valence electrons. The van der Waals surface area contributed by atoms with Gasteiger partial charge in [-0.05, 0) is 51.7 Å². The first-order valence-corrected chi connectivity index (χ1v) is 11.6. The molecule has 6 rings (SSSR count). The van der Waals surface area contributed by atoms with Crippen LogP contribution in [0.15, 0.2) is 34.9 Å². The summed E-state index contributed by atoms with van der Waals surface area (Å²) < 4.78 is 6.97. The Balaban J connectivity index is 1.23. The molecule has 4 heterocycles. The number of aromatic nitrogens is 3. The molecular formula is C25H27N5O3. The number of likely N-dealkylation sites (tertiary alicyclic amines) is 1. The van der Waals surface area contributed by atoms with Crippen molar-refractivity contribution in [2.75, 3.05) is 19.6 Å². The van der Waals surface area contributed by atoms with E-state index in [0.29, 0.717) is 48.3 Å². The minimum Gasteiger partial charge on any atom is -0.361 e. The molecule has 0 radical (unpaired) electrons. The number of amides is 2. The molecule has 0 N–H and O–H groups in total. The van der Waals surface area contributed by atoms with Gasteiger partial charge in [-0.3, -0.25) is 9.59 Å². The van der Waals surface area contributed by atoms with Crippen molar-refractivity contribution in [2.45, 2.75) is 39.7 Å². The Morgan fingerprint density at radius 3 is 2.45 bits per heavy atom. The van der Waals surface area contributed by atoms with Crippen molar-refractivity contribution in [1.82, 2.24) is 24.7 Å². The van der Waals surface area contributed by atoms with E-state index in [1.807, 2.05) is 46.8 Å². The standard InChI is InChI=1S/C25H27N5O3/c1-14-21-22(18-9-10-18)29(25(32)23(21)30(26-14)19-7-5-4-6-8-19)13-17-11-28(12-17)24(31)20-15(2)27-33-16(20)3/h4-8,17-18,22H,9-13H2,1-3H3. The molecule has 2 fully saturated rings. The van der Waals surface area contributed by atoms with Gasteiger partial charge in [0.15, 0.2) is 0 Å². The number of fused-ring (bicyclic) bond motifs is 1. The first kappa shape index (κ1) is 20.2. The molecule has 8 heteroatoms. The molecule has 2 aliphatic heterocycles. The van der Waals surface area contributed by atoms with Gasteiger partial charge in [0.2, 0.25) is 0 Å². The summed E-state index contributed by atoms with van der Waals surface area (Å²) in [4.78, 5) is 30.4. The van der Waals surface area contributed by atoms with Gasteiger partial charge in [-0.1, -0.05) is 23.4 Å². The monoisotopic (exact) mass is 445 g/mol. The molecule has 8 nitrogen and oxygen atoms in total. The van der Waals surface area contributed by atoms with E-state index in [1.165, 1.54) is 0 Å². The molecule has 1 saturated carbocycles. The smallest absolute Gasteiger partial charge is 0.273 e.